The zero-order valence-electron chi connectivity index (χ0n) is 19.3. The van der Waals surface area contributed by atoms with Gasteiger partial charge in [-0.3, -0.25) is 9.62 Å². The van der Waals surface area contributed by atoms with E-state index < -0.39 is 16.0 Å². The lowest BCUT2D eigenvalue weighted by Gasteiger charge is -2.43. The fourth-order valence-electron chi connectivity index (χ4n) is 5.64. The molecule has 2 bridgehead atoms. The molecule has 1 saturated carbocycles. The number of halogens is 1. The van der Waals surface area contributed by atoms with Crippen molar-refractivity contribution in [1.82, 2.24) is 9.88 Å². The number of hydrogen-bond donors (Lipinski definition) is 1. The monoisotopic (exact) mass is 500 g/mol. The third-order valence-electron chi connectivity index (χ3n) is 7.02. The second kappa shape index (κ2) is 9.28. The number of fused-ring (bicyclic) bond motifs is 2. The van der Waals surface area contributed by atoms with Gasteiger partial charge in [0.1, 0.15) is 10.0 Å². The summed E-state index contributed by atoms with van der Waals surface area (Å²) < 4.78 is 41.9. The van der Waals surface area contributed by atoms with E-state index in [1.807, 2.05) is 6.92 Å². The van der Waals surface area contributed by atoms with Crippen LogP contribution in [0.5, 0.6) is 0 Å². The van der Waals surface area contributed by atoms with Gasteiger partial charge < -0.3 is 4.90 Å². The second-order valence-corrected chi connectivity index (χ2v) is 12.5. The van der Waals surface area contributed by atoms with E-state index in [1.165, 1.54) is 47.9 Å². The number of thiophene rings is 1. The van der Waals surface area contributed by atoms with Crippen LogP contribution in [0.4, 0.5) is 15.9 Å². The molecule has 3 aromatic rings. The smallest absolute Gasteiger partial charge is 0.272 e. The maximum absolute atomic E-state index is 13.4. The van der Waals surface area contributed by atoms with Crippen molar-refractivity contribution in [3.8, 4) is 0 Å². The maximum Gasteiger partial charge on any atom is 0.272 e. The summed E-state index contributed by atoms with van der Waals surface area (Å²) in [5.41, 5.74) is 2.30. The molecule has 34 heavy (non-hydrogen) atoms. The number of nitrogens with zero attached hydrogens (tertiary/aromatic N) is 3. The fourth-order valence-corrected chi connectivity index (χ4v) is 8.11. The minimum absolute atomic E-state index is 0.0233. The number of anilines is 2. The molecule has 3 heterocycles. The van der Waals surface area contributed by atoms with Crippen LogP contribution < -0.4 is 9.62 Å². The number of benzene rings is 1. The Hall–Kier alpha value is -2.49. The lowest BCUT2D eigenvalue weighted by Crippen LogP contribution is -2.51. The van der Waals surface area contributed by atoms with E-state index in [9.17, 15) is 12.8 Å². The summed E-state index contributed by atoms with van der Waals surface area (Å²) in [6, 6.07) is 16.8. The Balaban J connectivity index is 1.31. The molecular formula is C25H29FN4O2S2. The van der Waals surface area contributed by atoms with Gasteiger partial charge in [0.15, 0.2) is 0 Å². The Labute approximate surface area is 204 Å². The molecule has 180 valence electrons. The molecule has 1 aromatic carbocycles. The molecular weight excluding hydrogens is 471 g/mol. The topological polar surface area (TPSA) is 65.5 Å². The highest BCUT2D eigenvalue weighted by molar-refractivity contribution is 7.94. The van der Waals surface area contributed by atoms with Crippen LogP contribution in [0.15, 0.2) is 58.8 Å². The summed E-state index contributed by atoms with van der Waals surface area (Å²) in [5.74, 6) is 0.365. The summed E-state index contributed by atoms with van der Waals surface area (Å²) in [5, 5.41) is 0. The van der Waals surface area contributed by atoms with Crippen molar-refractivity contribution in [1.29, 1.82) is 0 Å². The van der Waals surface area contributed by atoms with E-state index in [0.717, 1.165) is 30.2 Å². The van der Waals surface area contributed by atoms with Gasteiger partial charge in [-0.25, -0.2) is 13.4 Å². The largest absolute Gasteiger partial charge is 0.370 e. The van der Waals surface area contributed by atoms with Crippen LogP contribution in [0.25, 0.3) is 0 Å². The first kappa shape index (κ1) is 23.3. The molecule has 2 aliphatic rings. The summed E-state index contributed by atoms with van der Waals surface area (Å²) in [6.45, 7) is 5.05. The highest BCUT2D eigenvalue weighted by atomic mass is 32.2. The number of rotatable bonds is 7. The summed E-state index contributed by atoms with van der Waals surface area (Å²) in [7, 11) is -1.75. The minimum Gasteiger partial charge on any atom is -0.370 e. The quantitative estimate of drug-likeness (QED) is 0.475. The fraction of sp³-hybridized carbons (Fsp3) is 0.400. The van der Waals surface area contributed by atoms with E-state index in [0.29, 0.717) is 17.9 Å². The molecule has 1 N–H and O–H groups in total. The molecule has 2 aromatic heterocycles. The van der Waals surface area contributed by atoms with Crippen molar-refractivity contribution in [2.24, 2.45) is 11.8 Å². The second-order valence-electron chi connectivity index (χ2n) is 9.34. The van der Waals surface area contributed by atoms with Gasteiger partial charge in [0, 0.05) is 37.6 Å². The normalized spacial score (nSPS) is 22.6. The molecule has 1 aliphatic heterocycles. The van der Waals surface area contributed by atoms with Crippen molar-refractivity contribution in [3.05, 3.63) is 71.0 Å². The molecule has 3 atom stereocenters. The molecule has 5 rings (SSSR count). The zero-order valence-corrected chi connectivity index (χ0v) is 20.9. The summed E-state index contributed by atoms with van der Waals surface area (Å²) in [6.07, 6.45) is 2.40. The van der Waals surface area contributed by atoms with Crippen molar-refractivity contribution >= 4 is 32.9 Å². The molecule has 0 unspecified atom stereocenters. The van der Waals surface area contributed by atoms with Gasteiger partial charge in [0.25, 0.3) is 10.0 Å². The molecule has 1 saturated heterocycles. The van der Waals surface area contributed by atoms with Gasteiger partial charge in [-0.05, 0) is 55.4 Å². The van der Waals surface area contributed by atoms with Crippen LogP contribution in [0.3, 0.4) is 0 Å². The average Bonchev–Trinajstić information content (AvgIpc) is 3.32. The van der Waals surface area contributed by atoms with Crippen molar-refractivity contribution in [2.75, 3.05) is 29.8 Å². The van der Waals surface area contributed by atoms with E-state index in [2.05, 4.69) is 56.9 Å². The first-order valence-electron chi connectivity index (χ1n) is 11.5. The number of aryl methyl sites for hydroxylation is 1. The van der Waals surface area contributed by atoms with Crippen LogP contribution >= 0.6 is 11.3 Å². The molecule has 2 fully saturated rings. The van der Waals surface area contributed by atoms with Crippen LogP contribution in [0.1, 0.15) is 23.3 Å². The van der Waals surface area contributed by atoms with Gasteiger partial charge in [0.2, 0.25) is 5.95 Å². The van der Waals surface area contributed by atoms with Crippen LogP contribution in [0, 0.1) is 24.7 Å². The lowest BCUT2D eigenvalue weighted by atomic mass is 9.90. The van der Waals surface area contributed by atoms with Gasteiger partial charge in [0.05, 0.1) is 5.69 Å². The number of hydrogen-bond acceptors (Lipinski definition) is 6. The van der Waals surface area contributed by atoms with Crippen molar-refractivity contribution in [2.45, 2.75) is 36.6 Å². The number of nitrogens with one attached hydrogen (secondary N) is 1. The molecule has 6 nitrogen and oxygen atoms in total. The minimum atomic E-state index is -3.85. The maximum atomic E-state index is 13.4. The van der Waals surface area contributed by atoms with Gasteiger partial charge >= 0.3 is 0 Å². The summed E-state index contributed by atoms with van der Waals surface area (Å²) in [4.78, 5) is 9.44. The Bertz CT molecular complexity index is 1250. The van der Waals surface area contributed by atoms with E-state index in [1.54, 1.807) is 6.07 Å². The Kier molecular flexibility index (Phi) is 6.35. The van der Waals surface area contributed by atoms with Gasteiger partial charge in [-0.15, -0.1) is 11.3 Å². The molecule has 0 radical (unpaired) electrons. The SMILES string of the molecule is Cc1sc(S(=O)(=O)Nc2cccc(F)n2)cc1N(C)[C@@H]1[C@@H]2CC[C@H]1CN(Cc1ccccc1)C2. The average molecular weight is 501 g/mol. The van der Waals surface area contributed by atoms with Gasteiger partial charge in [-0.2, -0.15) is 4.39 Å². The lowest BCUT2D eigenvalue weighted by molar-refractivity contribution is 0.138. The highest BCUT2D eigenvalue weighted by Gasteiger charge is 2.44. The van der Waals surface area contributed by atoms with E-state index in [4.69, 9.17) is 0 Å². The van der Waals surface area contributed by atoms with E-state index >= 15 is 0 Å². The Morgan fingerprint density at radius 2 is 1.82 bits per heavy atom. The third-order valence-corrected chi connectivity index (χ3v) is 9.89. The predicted molar refractivity (Wildman–Crippen MR) is 134 cm³/mol. The number of aromatic nitrogens is 1. The molecule has 9 heteroatoms. The van der Waals surface area contributed by atoms with Gasteiger partial charge in [-0.1, -0.05) is 36.4 Å². The number of pyridine rings is 1. The first-order chi connectivity index (χ1) is 16.3. The third kappa shape index (κ3) is 4.69. The number of sulfonamides is 1. The van der Waals surface area contributed by atoms with Crippen LogP contribution in [0.2, 0.25) is 0 Å². The Morgan fingerprint density at radius 1 is 1.12 bits per heavy atom. The Morgan fingerprint density at radius 3 is 2.50 bits per heavy atom. The highest BCUT2D eigenvalue weighted by Crippen LogP contribution is 2.43. The zero-order chi connectivity index (χ0) is 23.9. The predicted octanol–water partition coefficient (Wildman–Crippen LogP) is 4.74. The van der Waals surface area contributed by atoms with Crippen molar-refractivity contribution in [3.63, 3.8) is 0 Å². The van der Waals surface area contributed by atoms with Crippen molar-refractivity contribution < 1.29 is 12.8 Å². The number of piperidine rings is 1. The van der Waals surface area contributed by atoms with Crippen LogP contribution in [-0.4, -0.2) is 44.5 Å². The number of likely N-dealkylation sites (tertiary alicyclic amines) is 1. The molecule has 0 spiro atoms. The van der Waals surface area contributed by atoms with E-state index in [-0.39, 0.29) is 10.0 Å². The molecule has 0 amide bonds. The first-order valence-corrected chi connectivity index (χ1v) is 13.8. The summed E-state index contributed by atoms with van der Waals surface area (Å²) >= 11 is 1.24. The van der Waals surface area contributed by atoms with Crippen LogP contribution in [-0.2, 0) is 16.6 Å². The standard InChI is InChI=1S/C25H29FN4O2S2/c1-17-21(13-24(33-17)34(31,32)28-23-10-6-9-22(26)27-23)29(2)25-19-11-12-20(25)16-30(15-19)14-18-7-4-3-5-8-18/h3-10,13,19-20,25H,11-12,14-16H2,1-2H3,(H,27,28)/t19-,20+,25-. The molecule has 1 aliphatic carbocycles.